The largest absolute Gasteiger partial charge is 0.396 e. The zero-order chi connectivity index (χ0) is 6.41. The van der Waals surface area contributed by atoms with Gasteiger partial charge in [-0.2, -0.15) is 0 Å². The Morgan fingerprint density at radius 1 is 1.50 bits per heavy atom. The zero-order valence-electron chi connectivity index (χ0n) is 5.14. The van der Waals surface area contributed by atoms with Crippen molar-refractivity contribution in [3.63, 3.8) is 0 Å². The molecule has 0 amide bonds. The van der Waals surface area contributed by atoms with Crippen LogP contribution >= 0.6 is 0 Å². The van der Waals surface area contributed by atoms with Crippen LogP contribution in [0.2, 0.25) is 0 Å². The van der Waals surface area contributed by atoms with Gasteiger partial charge >= 0.3 is 0 Å². The van der Waals surface area contributed by atoms with Gasteiger partial charge in [-0.25, -0.2) is 0 Å². The van der Waals surface area contributed by atoms with Gasteiger partial charge < -0.3 is 10.8 Å². The Kier molecular flexibility index (Phi) is 5.01. The topological polar surface area (TPSA) is 46.2 Å². The summed E-state index contributed by atoms with van der Waals surface area (Å²) in [6.45, 7) is 3.84. The maximum absolute atomic E-state index is 8.36. The molecule has 0 aliphatic carbocycles. The molecule has 1 atom stereocenters. The quantitative estimate of drug-likeness (QED) is 0.555. The molecule has 0 aliphatic rings. The molecule has 1 radical (unpaired) electrons. The Morgan fingerprint density at radius 3 is 2.50 bits per heavy atom. The van der Waals surface area contributed by atoms with E-state index in [2.05, 4.69) is 6.92 Å². The van der Waals surface area contributed by atoms with E-state index in [0.29, 0.717) is 6.42 Å². The smallest absolute Gasteiger partial charge is 0.0445 e. The first kappa shape index (κ1) is 7.92. The van der Waals surface area contributed by atoms with Gasteiger partial charge in [-0.05, 0) is 12.8 Å². The second kappa shape index (κ2) is 5.06. The van der Waals surface area contributed by atoms with E-state index in [-0.39, 0.29) is 12.6 Å². The van der Waals surface area contributed by atoms with E-state index in [9.17, 15) is 0 Å². The average molecular weight is 116 g/mol. The Hall–Kier alpha value is -0.0800. The van der Waals surface area contributed by atoms with Gasteiger partial charge in [-0.1, -0.05) is 13.3 Å². The van der Waals surface area contributed by atoms with Crippen LogP contribution in [0.3, 0.4) is 0 Å². The van der Waals surface area contributed by atoms with Crippen molar-refractivity contribution < 1.29 is 5.11 Å². The van der Waals surface area contributed by atoms with Gasteiger partial charge in [0.15, 0.2) is 0 Å². The molecule has 0 aromatic heterocycles. The first-order valence-electron chi connectivity index (χ1n) is 2.97. The van der Waals surface area contributed by atoms with Crippen molar-refractivity contribution in [1.82, 2.24) is 0 Å². The molecule has 0 saturated carbocycles. The first-order chi connectivity index (χ1) is 3.81. The van der Waals surface area contributed by atoms with Crippen LogP contribution in [-0.4, -0.2) is 17.8 Å². The number of nitrogens with two attached hydrogens (primary N) is 1. The zero-order valence-corrected chi connectivity index (χ0v) is 5.14. The van der Waals surface area contributed by atoms with E-state index in [0.717, 1.165) is 12.8 Å². The van der Waals surface area contributed by atoms with E-state index in [4.69, 9.17) is 10.8 Å². The molecule has 0 fully saturated rings. The standard InChI is InChI=1S/C6H14NO/c1-2-3-6(7)4-5-8/h6,8H,1-5,7H2. The summed E-state index contributed by atoms with van der Waals surface area (Å²) in [7, 11) is 0. The fourth-order valence-corrected chi connectivity index (χ4v) is 0.572. The highest BCUT2D eigenvalue weighted by Gasteiger charge is 1.96. The Morgan fingerprint density at radius 2 is 2.12 bits per heavy atom. The molecule has 1 unspecified atom stereocenters. The summed E-state index contributed by atoms with van der Waals surface area (Å²) in [6.07, 6.45) is 2.48. The molecule has 0 rings (SSSR count). The van der Waals surface area contributed by atoms with Crippen molar-refractivity contribution in [3.05, 3.63) is 6.92 Å². The van der Waals surface area contributed by atoms with Crippen molar-refractivity contribution in [3.8, 4) is 0 Å². The summed E-state index contributed by atoms with van der Waals surface area (Å²) in [4.78, 5) is 0. The van der Waals surface area contributed by atoms with Crippen LogP contribution in [0.15, 0.2) is 0 Å². The third-order valence-electron chi connectivity index (χ3n) is 1.07. The van der Waals surface area contributed by atoms with Crippen LogP contribution in [0, 0.1) is 6.92 Å². The van der Waals surface area contributed by atoms with Gasteiger partial charge in [0.2, 0.25) is 0 Å². The van der Waals surface area contributed by atoms with E-state index < -0.39 is 0 Å². The van der Waals surface area contributed by atoms with E-state index in [1.54, 1.807) is 0 Å². The van der Waals surface area contributed by atoms with Crippen LogP contribution in [0.4, 0.5) is 0 Å². The molecule has 8 heavy (non-hydrogen) atoms. The Labute approximate surface area is 50.7 Å². The van der Waals surface area contributed by atoms with Gasteiger partial charge in [0.1, 0.15) is 0 Å². The summed E-state index contributed by atoms with van der Waals surface area (Å²) in [6, 6.07) is 0.150. The second-order valence-corrected chi connectivity index (χ2v) is 1.91. The van der Waals surface area contributed by atoms with Crippen molar-refractivity contribution in [2.24, 2.45) is 5.73 Å². The highest BCUT2D eigenvalue weighted by atomic mass is 16.3. The average Bonchev–Trinajstić information content (AvgIpc) is 1.68. The molecule has 2 nitrogen and oxygen atoms in total. The van der Waals surface area contributed by atoms with Gasteiger partial charge in [0.25, 0.3) is 0 Å². The second-order valence-electron chi connectivity index (χ2n) is 1.91. The Balaban J connectivity index is 2.92. The minimum absolute atomic E-state index is 0.150. The summed E-state index contributed by atoms with van der Waals surface area (Å²) in [5.74, 6) is 0. The minimum Gasteiger partial charge on any atom is -0.396 e. The summed E-state index contributed by atoms with van der Waals surface area (Å²) >= 11 is 0. The molecular formula is C6H14NO. The van der Waals surface area contributed by atoms with Crippen LogP contribution in [-0.2, 0) is 0 Å². The van der Waals surface area contributed by atoms with Crippen molar-refractivity contribution in [1.29, 1.82) is 0 Å². The van der Waals surface area contributed by atoms with Crippen LogP contribution in [0.25, 0.3) is 0 Å². The number of rotatable bonds is 4. The number of aliphatic hydroxyl groups is 1. The Bertz CT molecular complexity index is 41.8. The molecule has 0 saturated heterocycles. The maximum atomic E-state index is 8.36. The molecule has 3 N–H and O–H groups in total. The monoisotopic (exact) mass is 116 g/mol. The van der Waals surface area contributed by atoms with E-state index in [1.165, 1.54) is 0 Å². The normalized spacial score (nSPS) is 13.9. The highest BCUT2D eigenvalue weighted by Crippen LogP contribution is 1.95. The molecule has 0 aliphatic heterocycles. The SMILES string of the molecule is [CH2]CCC(N)CCO. The van der Waals surface area contributed by atoms with Gasteiger partial charge in [-0.15, -0.1) is 0 Å². The molecule has 2 heteroatoms. The third-order valence-corrected chi connectivity index (χ3v) is 1.07. The van der Waals surface area contributed by atoms with Crippen molar-refractivity contribution in [2.45, 2.75) is 25.3 Å². The van der Waals surface area contributed by atoms with Crippen molar-refractivity contribution >= 4 is 0 Å². The number of hydrogen-bond donors (Lipinski definition) is 2. The van der Waals surface area contributed by atoms with E-state index >= 15 is 0 Å². The number of hydrogen-bond acceptors (Lipinski definition) is 2. The van der Waals surface area contributed by atoms with Gasteiger partial charge in [0.05, 0.1) is 0 Å². The van der Waals surface area contributed by atoms with Crippen LogP contribution < -0.4 is 5.73 Å². The van der Waals surface area contributed by atoms with E-state index in [1.807, 2.05) is 0 Å². The van der Waals surface area contributed by atoms with Crippen molar-refractivity contribution in [2.75, 3.05) is 6.61 Å². The lowest BCUT2D eigenvalue weighted by molar-refractivity contribution is 0.273. The predicted octanol–water partition coefficient (Wildman–Crippen LogP) is 0.310. The molecule has 0 heterocycles. The fourth-order valence-electron chi connectivity index (χ4n) is 0.572. The van der Waals surface area contributed by atoms with Gasteiger partial charge in [0, 0.05) is 12.6 Å². The molecule has 0 bridgehead atoms. The molecule has 0 aromatic carbocycles. The highest BCUT2D eigenvalue weighted by molar-refractivity contribution is 4.60. The summed E-state index contributed by atoms with van der Waals surface area (Å²) < 4.78 is 0. The maximum Gasteiger partial charge on any atom is 0.0445 e. The first-order valence-corrected chi connectivity index (χ1v) is 2.97. The molecular weight excluding hydrogens is 102 g/mol. The lowest BCUT2D eigenvalue weighted by Crippen LogP contribution is -2.20. The lowest BCUT2D eigenvalue weighted by Gasteiger charge is -2.05. The molecule has 0 spiro atoms. The van der Waals surface area contributed by atoms with Crippen LogP contribution in [0.5, 0.6) is 0 Å². The van der Waals surface area contributed by atoms with Crippen LogP contribution in [0.1, 0.15) is 19.3 Å². The predicted molar refractivity (Wildman–Crippen MR) is 34.3 cm³/mol. The molecule has 0 aromatic rings. The minimum atomic E-state index is 0.150. The lowest BCUT2D eigenvalue weighted by atomic mass is 10.1. The fraction of sp³-hybridized carbons (Fsp3) is 0.833. The summed E-state index contributed by atoms with van der Waals surface area (Å²) in [5.41, 5.74) is 5.49. The third kappa shape index (κ3) is 4.09. The number of aliphatic hydroxyl groups excluding tert-OH is 1. The van der Waals surface area contributed by atoms with Gasteiger partial charge in [-0.3, -0.25) is 0 Å². The molecule has 49 valence electrons. The summed E-state index contributed by atoms with van der Waals surface area (Å²) in [5, 5.41) is 8.36.